The van der Waals surface area contributed by atoms with E-state index in [0.29, 0.717) is 24.2 Å². The third kappa shape index (κ3) is 3.07. The number of likely N-dealkylation sites (tertiary alicyclic amines) is 1. The number of nitrogens with two attached hydrogens (primary N) is 1. The van der Waals surface area contributed by atoms with Crippen LogP contribution in [0.4, 0.5) is 4.39 Å². The van der Waals surface area contributed by atoms with Crippen molar-refractivity contribution in [1.29, 1.82) is 0 Å². The van der Waals surface area contributed by atoms with Gasteiger partial charge in [-0.25, -0.2) is 4.39 Å². The molecule has 1 saturated heterocycles. The van der Waals surface area contributed by atoms with Crippen molar-refractivity contribution < 1.29 is 9.50 Å². The number of benzene rings is 1. The fourth-order valence-electron chi connectivity index (χ4n) is 2.61. The van der Waals surface area contributed by atoms with Crippen LogP contribution in [-0.4, -0.2) is 28.7 Å². The summed E-state index contributed by atoms with van der Waals surface area (Å²) in [6.45, 7) is 4.10. The topological polar surface area (TPSA) is 49.5 Å². The summed E-state index contributed by atoms with van der Waals surface area (Å²) in [6, 6.07) is 5.34. The molecule has 1 aliphatic rings. The normalized spacial score (nSPS) is 25.3. The Morgan fingerprint density at radius 3 is 2.83 bits per heavy atom. The number of hydrogen-bond acceptors (Lipinski definition) is 3. The first kappa shape index (κ1) is 13.5. The van der Waals surface area contributed by atoms with Crippen LogP contribution in [0.3, 0.4) is 0 Å². The van der Waals surface area contributed by atoms with Crippen molar-refractivity contribution in [3.63, 3.8) is 0 Å². The molecule has 0 amide bonds. The third-order valence-corrected chi connectivity index (χ3v) is 3.53. The Balaban J connectivity index is 2.09. The molecule has 4 heteroatoms. The molecular weight excluding hydrogens is 231 g/mol. The Hall–Kier alpha value is -0.970. The van der Waals surface area contributed by atoms with E-state index < -0.39 is 5.60 Å². The molecule has 1 unspecified atom stereocenters. The molecule has 2 rings (SSSR count). The standard InChI is InChI=1S/C14H21FN2O/c1-14(18)6-3-7-17(10-14)9-12-5-2-4-11(8-16)13(12)15/h2,4-5,18H,3,6-10,16H2,1H3. The summed E-state index contributed by atoms with van der Waals surface area (Å²) < 4.78 is 14.1. The van der Waals surface area contributed by atoms with Crippen molar-refractivity contribution >= 4 is 0 Å². The number of nitrogens with zero attached hydrogens (tertiary/aromatic N) is 1. The van der Waals surface area contributed by atoms with Crippen LogP contribution in [0.2, 0.25) is 0 Å². The van der Waals surface area contributed by atoms with E-state index in [4.69, 9.17) is 5.73 Å². The van der Waals surface area contributed by atoms with Gasteiger partial charge in [0.15, 0.2) is 0 Å². The maximum Gasteiger partial charge on any atom is 0.132 e. The zero-order valence-corrected chi connectivity index (χ0v) is 10.8. The molecule has 1 fully saturated rings. The second kappa shape index (κ2) is 5.34. The van der Waals surface area contributed by atoms with E-state index in [2.05, 4.69) is 4.90 Å². The van der Waals surface area contributed by atoms with Crippen LogP contribution in [0.5, 0.6) is 0 Å². The molecule has 1 aliphatic heterocycles. The zero-order chi connectivity index (χ0) is 13.2. The van der Waals surface area contributed by atoms with Gasteiger partial charge in [-0.1, -0.05) is 18.2 Å². The van der Waals surface area contributed by atoms with Gasteiger partial charge in [0.1, 0.15) is 5.82 Å². The van der Waals surface area contributed by atoms with Gasteiger partial charge in [0.25, 0.3) is 0 Å². The summed E-state index contributed by atoms with van der Waals surface area (Å²) in [5.74, 6) is -0.204. The van der Waals surface area contributed by atoms with E-state index in [-0.39, 0.29) is 12.4 Å². The van der Waals surface area contributed by atoms with Gasteiger partial charge in [0.05, 0.1) is 5.60 Å². The lowest BCUT2D eigenvalue weighted by molar-refractivity contribution is -0.0184. The molecule has 100 valence electrons. The molecule has 0 saturated carbocycles. The first-order valence-electron chi connectivity index (χ1n) is 6.43. The smallest absolute Gasteiger partial charge is 0.132 e. The largest absolute Gasteiger partial charge is 0.389 e. The molecule has 1 aromatic rings. The van der Waals surface area contributed by atoms with E-state index in [1.54, 1.807) is 12.1 Å². The highest BCUT2D eigenvalue weighted by Gasteiger charge is 2.28. The molecule has 0 aliphatic carbocycles. The lowest BCUT2D eigenvalue weighted by Gasteiger charge is -2.36. The Morgan fingerprint density at radius 1 is 1.44 bits per heavy atom. The van der Waals surface area contributed by atoms with Crippen molar-refractivity contribution in [2.45, 2.75) is 38.5 Å². The van der Waals surface area contributed by atoms with Gasteiger partial charge < -0.3 is 10.8 Å². The average molecular weight is 252 g/mol. The summed E-state index contributed by atoms with van der Waals surface area (Å²) in [7, 11) is 0. The number of aliphatic hydroxyl groups is 1. The van der Waals surface area contributed by atoms with E-state index in [1.807, 2.05) is 13.0 Å². The van der Waals surface area contributed by atoms with Crippen LogP contribution in [0.25, 0.3) is 0 Å². The number of rotatable bonds is 3. The Morgan fingerprint density at radius 2 is 2.17 bits per heavy atom. The second-order valence-electron chi connectivity index (χ2n) is 5.41. The summed E-state index contributed by atoms with van der Waals surface area (Å²) in [4.78, 5) is 2.10. The fraction of sp³-hybridized carbons (Fsp3) is 0.571. The maximum absolute atomic E-state index is 14.1. The van der Waals surface area contributed by atoms with Crippen LogP contribution in [-0.2, 0) is 13.1 Å². The molecule has 3 N–H and O–H groups in total. The number of hydrogen-bond donors (Lipinski definition) is 2. The quantitative estimate of drug-likeness (QED) is 0.859. The minimum absolute atomic E-state index is 0.204. The van der Waals surface area contributed by atoms with Crippen LogP contribution in [0.15, 0.2) is 18.2 Å². The van der Waals surface area contributed by atoms with Gasteiger partial charge in [0, 0.05) is 30.8 Å². The molecule has 3 nitrogen and oxygen atoms in total. The highest BCUT2D eigenvalue weighted by molar-refractivity contribution is 5.26. The van der Waals surface area contributed by atoms with Crippen LogP contribution in [0, 0.1) is 5.82 Å². The monoisotopic (exact) mass is 252 g/mol. The summed E-state index contributed by atoms with van der Waals surface area (Å²) in [6.07, 6.45) is 1.76. The van der Waals surface area contributed by atoms with Crippen molar-refractivity contribution in [1.82, 2.24) is 4.90 Å². The molecule has 0 spiro atoms. The molecule has 18 heavy (non-hydrogen) atoms. The van der Waals surface area contributed by atoms with Crippen LogP contribution >= 0.6 is 0 Å². The Kier molecular flexibility index (Phi) is 4.00. The Bertz CT molecular complexity index is 420. The molecule has 0 bridgehead atoms. The number of β-amino-alcohol motifs (C(OH)–C–C–N with tert-alkyl or cyclic N) is 1. The molecule has 0 aromatic heterocycles. The molecule has 1 heterocycles. The van der Waals surface area contributed by atoms with Crippen molar-refractivity contribution in [3.8, 4) is 0 Å². The van der Waals surface area contributed by atoms with Gasteiger partial charge in [-0.3, -0.25) is 4.90 Å². The fourth-order valence-corrected chi connectivity index (χ4v) is 2.61. The highest BCUT2D eigenvalue weighted by atomic mass is 19.1. The van der Waals surface area contributed by atoms with Crippen molar-refractivity contribution in [3.05, 3.63) is 35.1 Å². The lowest BCUT2D eigenvalue weighted by Crippen LogP contribution is -2.45. The summed E-state index contributed by atoms with van der Waals surface area (Å²) in [5, 5.41) is 10.0. The van der Waals surface area contributed by atoms with Gasteiger partial charge in [-0.2, -0.15) is 0 Å². The predicted octanol–water partition coefficient (Wildman–Crippen LogP) is 1.63. The minimum Gasteiger partial charge on any atom is -0.389 e. The summed E-state index contributed by atoms with van der Waals surface area (Å²) >= 11 is 0. The van der Waals surface area contributed by atoms with Crippen molar-refractivity contribution in [2.75, 3.05) is 13.1 Å². The summed E-state index contributed by atoms with van der Waals surface area (Å²) in [5.41, 5.74) is 6.06. The second-order valence-corrected chi connectivity index (χ2v) is 5.41. The lowest BCUT2D eigenvalue weighted by atomic mass is 9.94. The zero-order valence-electron chi connectivity index (χ0n) is 10.8. The van der Waals surface area contributed by atoms with Crippen molar-refractivity contribution in [2.24, 2.45) is 5.73 Å². The minimum atomic E-state index is -0.653. The van der Waals surface area contributed by atoms with E-state index in [1.165, 1.54) is 0 Å². The average Bonchev–Trinajstić information content (AvgIpc) is 2.31. The Labute approximate surface area is 107 Å². The van der Waals surface area contributed by atoms with Crippen LogP contribution < -0.4 is 5.73 Å². The molecule has 0 radical (unpaired) electrons. The molecule has 1 aromatic carbocycles. The SMILES string of the molecule is CC1(O)CCCN(Cc2cccc(CN)c2F)C1. The van der Waals surface area contributed by atoms with E-state index in [9.17, 15) is 9.50 Å². The van der Waals surface area contributed by atoms with E-state index in [0.717, 1.165) is 19.4 Å². The number of piperidine rings is 1. The molecule has 1 atom stereocenters. The highest BCUT2D eigenvalue weighted by Crippen LogP contribution is 2.23. The van der Waals surface area contributed by atoms with Gasteiger partial charge >= 0.3 is 0 Å². The van der Waals surface area contributed by atoms with E-state index >= 15 is 0 Å². The first-order valence-corrected chi connectivity index (χ1v) is 6.43. The van der Waals surface area contributed by atoms with Gasteiger partial charge in [0.2, 0.25) is 0 Å². The van der Waals surface area contributed by atoms with Gasteiger partial charge in [-0.15, -0.1) is 0 Å². The predicted molar refractivity (Wildman–Crippen MR) is 69.4 cm³/mol. The maximum atomic E-state index is 14.1. The first-order chi connectivity index (χ1) is 8.52. The third-order valence-electron chi connectivity index (χ3n) is 3.53. The van der Waals surface area contributed by atoms with Crippen LogP contribution in [0.1, 0.15) is 30.9 Å². The number of halogens is 1. The molecular formula is C14H21FN2O. The van der Waals surface area contributed by atoms with Gasteiger partial charge in [-0.05, 0) is 26.3 Å².